The lowest BCUT2D eigenvalue weighted by atomic mass is 9.71. The quantitative estimate of drug-likeness (QED) is 0.840. The van der Waals surface area contributed by atoms with Crippen molar-refractivity contribution in [3.63, 3.8) is 0 Å². The van der Waals surface area contributed by atoms with Crippen LogP contribution in [-0.4, -0.2) is 73.5 Å². The van der Waals surface area contributed by atoms with Gasteiger partial charge in [-0.1, -0.05) is 20.8 Å². The summed E-state index contributed by atoms with van der Waals surface area (Å²) in [5.41, 5.74) is 0.380. The molecule has 21 heavy (non-hydrogen) atoms. The first-order valence-electron chi connectivity index (χ1n) is 8.54. The van der Waals surface area contributed by atoms with Gasteiger partial charge in [0.1, 0.15) is 0 Å². The van der Waals surface area contributed by atoms with E-state index in [1.54, 1.807) is 0 Å². The summed E-state index contributed by atoms with van der Waals surface area (Å²) in [4.78, 5) is 4.69. The molecule has 0 aromatic rings. The number of piperazine rings is 1. The maximum Gasteiger partial charge on any atom is 0.0900 e. The molecule has 2 fully saturated rings. The SMILES string of the molecule is C[C@@H]1C[C@@H](OC[C@@H](O)CN2CCN(C)CC2)CC(C)(C)C1. The van der Waals surface area contributed by atoms with Crippen molar-refractivity contribution < 1.29 is 9.84 Å². The summed E-state index contributed by atoms with van der Waals surface area (Å²) in [6.07, 6.45) is 3.53. The van der Waals surface area contributed by atoms with Gasteiger partial charge in [-0.25, -0.2) is 0 Å². The van der Waals surface area contributed by atoms with Crippen molar-refractivity contribution in [1.29, 1.82) is 0 Å². The highest BCUT2D eigenvalue weighted by Gasteiger charge is 2.32. The fraction of sp³-hybridized carbons (Fsp3) is 1.00. The summed E-state index contributed by atoms with van der Waals surface area (Å²) in [5.74, 6) is 0.730. The van der Waals surface area contributed by atoms with Gasteiger partial charge in [-0.05, 0) is 37.6 Å². The number of hydrogen-bond donors (Lipinski definition) is 1. The number of aliphatic hydroxyl groups is 1. The molecule has 1 aliphatic carbocycles. The number of rotatable bonds is 5. The lowest BCUT2D eigenvalue weighted by molar-refractivity contribution is -0.0630. The minimum Gasteiger partial charge on any atom is -0.389 e. The number of ether oxygens (including phenoxy) is 1. The van der Waals surface area contributed by atoms with E-state index in [2.05, 4.69) is 37.6 Å². The topological polar surface area (TPSA) is 35.9 Å². The Morgan fingerprint density at radius 2 is 1.86 bits per heavy atom. The standard InChI is InChI=1S/C17H34N2O2/c1-14-9-16(11-17(2,3)10-14)21-13-15(20)12-19-7-5-18(4)6-8-19/h14-16,20H,5-13H2,1-4H3/t14-,15+,16-/m1/s1. The molecule has 1 heterocycles. The highest BCUT2D eigenvalue weighted by Crippen LogP contribution is 2.39. The fourth-order valence-corrected chi connectivity index (χ4v) is 4.01. The predicted molar refractivity (Wildman–Crippen MR) is 86.5 cm³/mol. The van der Waals surface area contributed by atoms with Crippen LogP contribution in [0.1, 0.15) is 40.0 Å². The van der Waals surface area contributed by atoms with Crippen molar-refractivity contribution in [1.82, 2.24) is 9.80 Å². The van der Waals surface area contributed by atoms with Crippen molar-refractivity contribution >= 4 is 0 Å². The normalized spacial score (nSPS) is 33.0. The zero-order chi connectivity index (χ0) is 15.5. The Labute approximate surface area is 130 Å². The molecular weight excluding hydrogens is 264 g/mol. The molecule has 1 N–H and O–H groups in total. The van der Waals surface area contributed by atoms with Gasteiger partial charge in [0, 0.05) is 32.7 Å². The number of β-amino-alcohol motifs (C(OH)–C–C–N with tert-alkyl or cyclic N) is 1. The van der Waals surface area contributed by atoms with Crippen LogP contribution in [0.15, 0.2) is 0 Å². The summed E-state index contributed by atoms with van der Waals surface area (Å²) < 4.78 is 6.03. The van der Waals surface area contributed by atoms with Gasteiger partial charge in [0.15, 0.2) is 0 Å². The Morgan fingerprint density at radius 1 is 1.19 bits per heavy atom. The molecule has 4 heteroatoms. The van der Waals surface area contributed by atoms with Crippen molar-refractivity contribution in [2.75, 3.05) is 46.4 Å². The van der Waals surface area contributed by atoms with Gasteiger partial charge in [-0.15, -0.1) is 0 Å². The average molecular weight is 298 g/mol. The van der Waals surface area contributed by atoms with Gasteiger partial charge >= 0.3 is 0 Å². The zero-order valence-corrected chi connectivity index (χ0v) is 14.3. The molecule has 0 aromatic heterocycles. The summed E-state index contributed by atoms with van der Waals surface area (Å²) >= 11 is 0. The van der Waals surface area contributed by atoms with E-state index in [1.165, 1.54) is 6.42 Å². The van der Waals surface area contributed by atoms with Crippen LogP contribution >= 0.6 is 0 Å². The van der Waals surface area contributed by atoms with E-state index in [0.29, 0.717) is 18.1 Å². The lowest BCUT2D eigenvalue weighted by Gasteiger charge is -2.39. The lowest BCUT2D eigenvalue weighted by Crippen LogP contribution is -2.47. The number of aliphatic hydroxyl groups excluding tert-OH is 1. The first-order valence-corrected chi connectivity index (χ1v) is 8.54. The molecule has 4 nitrogen and oxygen atoms in total. The second-order valence-corrected chi connectivity index (χ2v) is 8.13. The van der Waals surface area contributed by atoms with Crippen LogP contribution in [0.25, 0.3) is 0 Å². The maximum absolute atomic E-state index is 10.2. The molecular formula is C17H34N2O2. The first kappa shape index (κ1) is 17.2. The second kappa shape index (κ2) is 7.40. The molecule has 0 radical (unpaired) electrons. The molecule has 0 bridgehead atoms. The largest absolute Gasteiger partial charge is 0.389 e. The van der Waals surface area contributed by atoms with Crippen LogP contribution in [0, 0.1) is 11.3 Å². The van der Waals surface area contributed by atoms with E-state index in [-0.39, 0.29) is 6.10 Å². The predicted octanol–water partition coefficient (Wildman–Crippen LogP) is 1.83. The number of nitrogens with zero attached hydrogens (tertiary/aromatic N) is 2. The molecule has 0 spiro atoms. The minimum absolute atomic E-state index is 0.325. The third-order valence-electron chi connectivity index (χ3n) is 4.94. The van der Waals surface area contributed by atoms with Gasteiger partial charge < -0.3 is 14.7 Å². The monoisotopic (exact) mass is 298 g/mol. The van der Waals surface area contributed by atoms with E-state index in [9.17, 15) is 5.11 Å². The smallest absolute Gasteiger partial charge is 0.0900 e. The molecule has 124 valence electrons. The van der Waals surface area contributed by atoms with E-state index in [1.807, 2.05) is 0 Å². The minimum atomic E-state index is -0.353. The van der Waals surface area contributed by atoms with E-state index in [0.717, 1.165) is 51.5 Å². The van der Waals surface area contributed by atoms with Crippen LogP contribution < -0.4 is 0 Å². The van der Waals surface area contributed by atoms with Crippen molar-refractivity contribution in [3.05, 3.63) is 0 Å². The molecule has 1 saturated carbocycles. The molecule has 1 saturated heterocycles. The number of hydrogen-bond acceptors (Lipinski definition) is 4. The van der Waals surface area contributed by atoms with Gasteiger partial charge in [-0.2, -0.15) is 0 Å². The Morgan fingerprint density at radius 3 is 2.48 bits per heavy atom. The molecule has 2 aliphatic rings. The Hall–Kier alpha value is -0.160. The summed E-state index contributed by atoms with van der Waals surface area (Å²) in [7, 11) is 2.16. The van der Waals surface area contributed by atoms with Gasteiger partial charge in [-0.3, -0.25) is 4.90 Å². The molecule has 2 rings (SSSR count). The third kappa shape index (κ3) is 5.85. The van der Waals surface area contributed by atoms with E-state index < -0.39 is 0 Å². The second-order valence-electron chi connectivity index (χ2n) is 8.13. The molecule has 0 unspecified atom stereocenters. The Bertz CT molecular complexity index is 314. The highest BCUT2D eigenvalue weighted by molar-refractivity contribution is 4.83. The van der Waals surface area contributed by atoms with Gasteiger partial charge in [0.2, 0.25) is 0 Å². The van der Waals surface area contributed by atoms with Crippen LogP contribution in [-0.2, 0) is 4.74 Å². The van der Waals surface area contributed by atoms with Gasteiger partial charge in [0.25, 0.3) is 0 Å². The zero-order valence-electron chi connectivity index (χ0n) is 14.3. The summed E-state index contributed by atoms with van der Waals surface area (Å²) in [5, 5.41) is 10.2. The van der Waals surface area contributed by atoms with E-state index in [4.69, 9.17) is 4.74 Å². The first-order chi connectivity index (χ1) is 9.84. The molecule has 1 aliphatic heterocycles. The van der Waals surface area contributed by atoms with Crippen LogP contribution in [0.4, 0.5) is 0 Å². The van der Waals surface area contributed by atoms with Crippen molar-refractivity contribution in [2.24, 2.45) is 11.3 Å². The van der Waals surface area contributed by atoms with Crippen LogP contribution in [0.3, 0.4) is 0 Å². The van der Waals surface area contributed by atoms with Crippen molar-refractivity contribution in [2.45, 2.75) is 52.2 Å². The van der Waals surface area contributed by atoms with Crippen LogP contribution in [0.2, 0.25) is 0 Å². The molecule has 3 atom stereocenters. The maximum atomic E-state index is 10.2. The highest BCUT2D eigenvalue weighted by atomic mass is 16.5. The Balaban J connectivity index is 1.67. The van der Waals surface area contributed by atoms with E-state index >= 15 is 0 Å². The summed E-state index contributed by atoms with van der Waals surface area (Å²) in [6, 6.07) is 0. The van der Waals surface area contributed by atoms with Gasteiger partial charge in [0.05, 0.1) is 18.8 Å². The van der Waals surface area contributed by atoms with Crippen LogP contribution in [0.5, 0.6) is 0 Å². The Kier molecular flexibility index (Phi) is 6.06. The summed E-state index contributed by atoms with van der Waals surface area (Å²) in [6.45, 7) is 12.5. The average Bonchev–Trinajstić information content (AvgIpc) is 2.37. The fourth-order valence-electron chi connectivity index (χ4n) is 4.01. The molecule has 0 aromatic carbocycles. The number of likely N-dealkylation sites (N-methyl/N-ethyl adjacent to an activating group) is 1. The van der Waals surface area contributed by atoms with Crippen molar-refractivity contribution in [3.8, 4) is 0 Å². The molecule has 0 amide bonds. The third-order valence-corrected chi connectivity index (χ3v) is 4.94.